The van der Waals surface area contributed by atoms with Crippen molar-refractivity contribution < 1.29 is 19.1 Å². The molecule has 0 bridgehead atoms. The molecule has 3 rings (SSSR count). The van der Waals surface area contributed by atoms with Gasteiger partial charge >= 0.3 is 0 Å². The minimum atomic E-state index is -0.405. The molecule has 25 heavy (non-hydrogen) atoms. The number of carbonyl (C=O) groups is 2. The minimum absolute atomic E-state index is 0.0231. The molecule has 1 aromatic carbocycles. The number of hydrogen-bond acceptors (Lipinski definition) is 4. The Morgan fingerprint density at radius 1 is 1.20 bits per heavy atom. The topological polar surface area (TPSA) is 59.1 Å². The van der Waals surface area contributed by atoms with Crippen LogP contribution in [0.15, 0.2) is 24.3 Å². The number of piperidine rings is 1. The first-order chi connectivity index (χ1) is 12.0. The molecule has 0 radical (unpaired) electrons. The van der Waals surface area contributed by atoms with E-state index in [1.54, 1.807) is 17.0 Å². The summed E-state index contributed by atoms with van der Waals surface area (Å²) in [5.74, 6) is 0.921. The van der Waals surface area contributed by atoms with E-state index in [-0.39, 0.29) is 11.8 Å². The summed E-state index contributed by atoms with van der Waals surface area (Å²) in [5.41, 5.74) is 0.259. The summed E-state index contributed by atoms with van der Waals surface area (Å²) in [5, 5.41) is 0. The van der Waals surface area contributed by atoms with Gasteiger partial charge in [0.25, 0.3) is 5.91 Å². The van der Waals surface area contributed by atoms with Crippen LogP contribution in [0.25, 0.3) is 0 Å². The maximum atomic E-state index is 12.7. The van der Waals surface area contributed by atoms with Crippen molar-refractivity contribution in [3.05, 3.63) is 29.8 Å². The van der Waals surface area contributed by atoms with Gasteiger partial charge in [0.2, 0.25) is 5.91 Å². The molecule has 0 aromatic heterocycles. The van der Waals surface area contributed by atoms with E-state index >= 15 is 0 Å². The molecule has 6 nitrogen and oxygen atoms in total. The predicted octanol–water partition coefficient (Wildman–Crippen LogP) is 1.94. The van der Waals surface area contributed by atoms with E-state index < -0.39 is 5.60 Å². The third kappa shape index (κ3) is 3.95. The standard InChI is InChI=1S/C19H26N2O4/c1-3-24-16-6-4-15(5-7-16)18(23)21-10-8-19(9-11-21)14-17(22)20(2)12-13-25-19/h4-7H,3,8-14H2,1-2H3. The van der Waals surface area contributed by atoms with E-state index in [2.05, 4.69) is 0 Å². The lowest BCUT2D eigenvalue weighted by Crippen LogP contribution is -2.49. The van der Waals surface area contributed by atoms with Crippen LogP contribution in [0, 0.1) is 0 Å². The van der Waals surface area contributed by atoms with Crippen molar-refractivity contribution in [3.8, 4) is 5.75 Å². The van der Waals surface area contributed by atoms with Crippen molar-refractivity contribution in [1.82, 2.24) is 9.80 Å². The molecule has 0 atom stereocenters. The maximum absolute atomic E-state index is 12.7. The number of nitrogens with zero attached hydrogens (tertiary/aromatic N) is 2. The number of likely N-dealkylation sites (N-methyl/N-ethyl adjacent to an activating group) is 1. The Bertz CT molecular complexity index is 621. The van der Waals surface area contributed by atoms with Crippen molar-refractivity contribution in [2.24, 2.45) is 0 Å². The molecule has 1 aromatic rings. The average Bonchev–Trinajstić information content (AvgIpc) is 2.75. The number of ether oxygens (including phenoxy) is 2. The van der Waals surface area contributed by atoms with Crippen LogP contribution in [0.5, 0.6) is 5.75 Å². The zero-order valence-electron chi connectivity index (χ0n) is 15.0. The molecular weight excluding hydrogens is 320 g/mol. The van der Waals surface area contributed by atoms with Crippen LogP contribution < -0.4 is 4.74 Å². The van der Waals surface area contributed by atoms with Crippen molar-refractivity contribution in [2.75, 3.05) is 39.9 Å². The highest BCUT2D eigenvalue weighted by molar-refractivity contribution is 5.94. The van der Waals surface area contributed by atoms with E-state index in [0.29, 0.717) is 57.7 Å². The molecule has 2 aliphatic heterocycles. The molecule has 2 fully saturated rings. The SMILES string of the molecule is CCOc1ccc(C(=O)N2CCC3(CC2)CC(=O)N(C)CCO3)cc1. The fourth-order valence-corrected chi connectivity index (χ4v) is 3.47. The van der Waals surface area contributed by atoms with Crippen LogP contribution in [-0.4, -0.2) is 67.1 Å². The number of amides is 2. The molecule has 2 amide bonds. The first-order valence-corrected chi connectivity index (χ1v) is 8.93. The van der Waals surface area contributed by atoms with Gasteiger partial charge in [-0.15, -0.1) is 0 Å². The number of hydrogen-bond donors (Lipinski definition) is 0. The Hall–Kier alpha value is -2.08. The van der Waals surface area contributed by atoms with Gasteiger partial charge in [-0.3, -0.25) is 9.59 Å². The molecule has 136 valence electrons. The second-order valence-corrected chi connectivity index (χ2v) is 6.77. The lowest BCUT2D eigenvalue weighted by molar-refractivity contribution is -0.134. The van der Waals surface area contributed by atoms with Gasteiger partial charge in [-0.1, -0.05) is 0 Å². The molecule has 2 saturated heterocycles. The zero-order chi connectivity index (χ0) is 17.9. The second-order valence-electron chi connectivity index (χ2n) is 6.77. The molecule has 2 aliphatic rings. The predicted molar refractivity (Wildman–Crippen MR) is 93.7 cm³/mol. The highest BCUT2D eigenvalue weighted by atomic mass is 16.5. The monoisotopic (exact) mass is 346 g/mol. The van der Waals surface area contributed by atoms with Crippen molar-refractivity contribution in [1.29, 1.82) is 0 Å². The second kappa shape index (κ2) is 7.44. The average molecular weight is 346 g/mol. The van der Waals surface area contributed by atoms with Crippen molar-refractivity contribution in [3.63, 3.8) is 0 Å². The van der Waals surface area contributed by atoms with E-state index in [1.807, 2.05) is 31.0 Å². The molecule has 6 heteroatoms. The summed E-state index contributed by atoms with van der Waals surface area (Å²) < 4.78 is 11.4. The summed E-state index contributed by atoms with van der Waals surface area (Å²) in [6, 6.07) is 7.26. The molecule has 2 heterocycles. The van der Waals surface area contributed by atoms with Crippen LogP contribution in [0.2, 0.25) is 0 Å². The van der Waals surface area contributed by atoms with Gasteiger partial charge in [-0.25, -0.2) is 0 Å². The molecular formula is C19H26N2O4. The highest BCUT2D eigenvalue weighted by Gasteiger charge is 2.40. The van der Waals surface area contributed by atoms with Gasteiger partial charge in [0, 0.05) is 32.2 Å². The van der Waals surface area contributed by atoms with Crippen molar-refractivity contribution >= 4 is 11.8 Å². The van der Waals surface area contributed by atoms with Gasteiger partial charge in [-0.2, -0.15) is 0 Å². The largest absolute Gasteiger partial charge is 0.494 e. The Kier molecular flexibility index (Phi) is 5.27. The van der Waals surface area contributed by atoms with Crippen LogP contribution in [0.4, 0.5) is 0 Å². The lowest BCUT2D eigenvalue weighted by Gasteiger charge is -2.40. The van der Waals surface area contributed by atoms with Gasteiger partial charge in [0.1, 0.15) is 5.75 Å². The lowest BCUT2D eigenvalue weighted by atomic mass is 9.87. The van der Waals surface area contributed by atoms with Crippen LogP contribution in [0.3, 0.4) is 0 Å². The van der Waals surface area contributed by atoms with Crippen molar-refractivity contribution in [2.45, 2.75) is 31.8 Å². The van der Waals surface area contributed by atoms with Crippen LogP contribution in [0.1, 0.15) is 36.5 Å². The molecule has 0 saturated carbocycles. The molecule has 0 N–H and O–H groups in total. The Morgan fingerprint density at radius 3 is 2.52 bits per heavy atom. The third-order valence-corrected chi connectivity index (χ3v) is 5.11. The Balaban J connectivity index is 1.61. The van der Waals surface area contributed by atoms with E-state index in [0.717, 1.165) is 5.75 Å². The minimum Gasteiger partial charge on any atom is -0.494 e. The first kappa shape index (κ1) is 17.7. The highest BCUT2D eigenvalue weighted by Crippen LogP contribution is 2.32. The smallest absolute Gasteiger partial charge is 0.253 e. The summed E-state index contributed by atoms with van der Waals surface area (Å²) >= 11 is 0. The van der Waals surface area contributed by atoms with Crippen LogP contribution in [-0.2, 0) is 9.53 Å². The summed E-state index contributed by atoms with van der Waals surface area (Å²) in [4.78, 5) is 28.4. The molecule has 1 spiro atoms. The summed E-state index contributed by atoms with van der Waals surface area (Å²) in [6.07, 6.45) is 1.82. The van der Waals surface area contributed by atoms with E-state index in [1.165, 1.54) is 0 Å². The van der Waals surface area contributed by atoms with Gasteiger partial charge in [0.05, 0.1) is 25.2 Å². The number of carbonyl (C=O) groups excluding carboxylic acids is 2. The fourth-order valence-electron chi connectivity index (χ4n) is 3.47. The fraction of sp³-hybridized carbons (Fsp3) is 0.579. The first-order valence-electron chi connectivity index (χ1n) is 8.93. The molecule has 0 unspecified atom stereocenters. The van der Waals surface area contributed by atoms with Gasteiger partial charge < -0.3 is 19.3 Å². The Morgan fingerprint density at radius 2 is 1.88 bits per heavy atom. The number of likely N-dealkylation sites (tertiary alicyclic amines) is 1. The third-order valence-electron chi connectivity index (χ3n) is 5.11. The summed E-state index contributed by atoms with van der Waals surface area (Å²) in [6.45, 7) is 4.96. The van der Waals surface area contributed by atoms with Crippen LogP contribution >= 0.6 is 0 Å². The Labute approximate surface area is 148 Å². The zero-order valence-corrected chi connectivity index (χ0v) is 15.0. The number of rotatable bonds is 3. The quantitative estimate of drug-likeness (QED) is 0.839. The maximum Gasteiger partial charge on any atom is 0.253 e. The number of benzene rings is 1. The summed E-state index contributed by atoms with van der Waals surface area (Å²) in [7, 11) is 1.81. The normalized spacial score (nSPS) is 20.5. The van der Waals surface area contributed by atoms with Gasteiger partial charge in [0.15, 0.2) is 0 Å². The van der Waals surface area contributed by atoms with E-state index in [4.69, 9.17) is 9.47 Å². The van der Waals surface area contributed by atoms with Gasteiger partial charge in [-0.05, 0) is 44.0 Å². The van der Waals surface area contributed by atoms with E-state index in [9.17, 15) is 9.59 Å². The molecule has 0 aliphatic carbocycles.